The standard InChI is InChI=1S/C8H19N.CH4O3S/c1-2-3-4-5-6-7-8-9;1-5(2,3)4/h2-9H2,1H3;1H3,(H,2,3,4). The van der Waals surface area contributed by atoms with E-state index in [1.807, 2.05) is 0 Å². The highest BCUT2D eigenvalue weighted by Crippen LogP contribution is 2.03. The van der Waals surface area contributed by atoms with Gasteiger partial charge >= 0.3 is 0 Å². The Morgan fingerprint density at radius 3 is 1.79 bits per heavy atom. The van der Waals surface area contributed by atoms with Crippen molar-refractivity contribution in [2.75, 3.05) is 12.8 Å². The molecule has 0 aromatic rings. The van der Waals surface area contributed by atoms with Gasteiger partial charge < -0.3 is 5.73 Å². The van der Waals surface area contributed by atoms with Crippen molar-refractivity contribution in [2.24, 2.45) is 5.73 Å². The monoisotopic (exact) mass is 225 g/mol. The van der Waals surface area contributed by atoms with Crippen LogP contribution in [-0.4, -0.2) is 25.8 Å². The zero-order chi connectivity index (χ0) is 11.4. The van der Waals surface area contributed by atoms with Crippen LogP contribution in [0.25, 0.3) is 0 Å². The Labute approximate surface area is 87.6 Å². The Morgan fingerprint density at radius 2 is 1.43 bits per heavy atom. The van der Waals surface area contributed by atoms with Gasteiger partial charge in [-0.2, -0.15) is 8.42 Å². The summed E-state index contributed by atoms with van der Waals surface area (Å²) >= 11 is 0. The molecule has 5 heteroatoms. The fourth-order valence-electron chi connectivity index (χ4n) is 0.925. The van der Waals surface area contributed by atoms with Crippen LogP contribution < -0.4 is 5.73 Å². The Kier molecular flexibility index (Phi) is 12.8. The molecule has 0 radical (unpaired) electrons. The predicted molar refractivity (Wildman–Crippen MR) is 59.9 cm³/mol. The van der Waals surface area contributed by atoms with Gasteiger partial charge in [0.15, 0.2) is 0 Å². The Hall–Kier alpha value is -0.130. The number of nitrogens with two attached hydrogens (primary N) is 1. The van der Waals surface area contributed by atoms with E-state index in [-0.39, 0.29) is 0 Å². The summed E-state index contributed by atoms with van der Waals surface area (Å²) in [6.07, 6.45) is 8.77. The van der Waals surface area contributed by atoms with Crippen LogP contribution in [0.2, 0.25) is 0 Å². The minimum Gasteiger partial charge on any atom is -0.330 e. The first-order chi connectivity index (χ1) is 6.41. The lowest BCUT2D eigenvalue weighted by molar-refractivity contribution is 0.490. The molecule has 0 aliphatic heterocycles. The Balaban J connectivity index is 0. The molecule has 3 N–H and O–H groups in total. The van der Waals surface area contributed by atoms with Crippen molar-refractivity contribution >= 4 is 10.1 Å². The first kappa shape index (κ1) is 16.3. The fraction of sp³-hybridized carbons (Fsp3) is 1.00. The van der Waals surface area contributed by atoms with Crippen molar-refractivity contribution in [3.63, 3.8) is 0 Å². The number of hydrogen-bond acceptors (Lipinski definition) is 3. The Morgan fingerprint density at radius 1 is 1.07 bits per heavy atom. The van der Waals surface area contributed by atoms with Crippen molar-refractivity contribution in [3.05, 3.63) is 0 Å². The molecule has 0 atom stereocenters. The van der Waals surface area contributed by atoms with Crippen LogP contribution in [0.1, 0.15) is 45.4 Å². The molecule has 0 aromatic carbocycles. The molecule has 0 amide bonds. The first-order valence-electron chi connectivity index (χ1n) is 5.04. The topological polar surface area (TPSA) is 80.4 Å². The van der Waals surface area contributed by atoms with Crippen molar-refractivity contribution in [3.8, 4) is 0 Å². The molecule has 14 heavy (non-hydrogen) atoms. The Bertz CT molecular complexity index is 176. The third-order valence-corrected chi connectivity index (χ3v) is 1.56. The van der Waals surface area contributed by atoms with Crippen LogP contribution >= 0.6 is 0 Å². The van der Waals surface area contributed by atoms with E-state index < -0.39 is 10.1 Å². The average molecular weight is 225 g/mol. The van der Waals surface area contributed by atoms with E-state index in [0.29, 0.717) is 6.26 Å². The van der Waals surface area contributed by atoms with E-state index >= 15 is 0 Å². The van der Waals surface area contributed by atoms with Gasteiger partial charge in [0.25, 0.3) is 10.1 Å². The van der Waals surface area contributed by atoms with Gasteiger partial charge in [-0.1, -0.05) is 39.0 Å². The molecular formula is C9H23NO3S. The van der Waals surface area contributed by atoms with E-state index in [9.17, 15) is 8.42 Å². The zero-order valence-corrected chi connectivity index (χ0v) is 10.0. The molecule has 0 aromatic heterocycles. The van der Waals surface area contributed by atoms with Crippen molar-refractivity contribution in [1.29, 1.82) is 0 Å². The number of unbranched alkanes of at least 4 members (excludes halogenated alkanes) is 5. The van der Waals surface area contributed by atoms with Crippen LogP contribution in [-0.2, 0) is 10.1 Å². The lowest BCUT2D eigenvalue weighted by atomic mass is 10.1. The molecule has 0 spiro atoms. The van der Waals surface area contributed by atoms with E-state index in [1.165, 1.54) is 38.5 Å². The molecule has 0 rings (SSSR count). The maximum atomic E-state index is 9.19. The van der Waals surface area contributed by atoms with E-state index in [2.05, 4.69) is 6.92 Å². The molecular weight excluding hydrogens is 202 g/mol. The molecule has 0 aliphatic carbocycles. The molecule has 0 unspecified atom stereocenters. The quantitative estimate of drug-likeness (QED) is 0.533. The summed E-state index contributed by atoms with van der Waals surface area (Å²) < 4.78 is 25.9. The van der Waals surface area contributed by atoms with Gasteiger partial charge in [0.05, 0.1) is 6.26 Å². The molecule has 0 bridgehead atoms. The largest absolute Gasteiger partial charge is 0.330 e. The summed E-state index contributed by atoms with van der Waals surface area (Å²) in [6, 6.07) is 0. The van der Waals surface area contributed by atoms with Crippen LogP contribution in [0.3, 0.4) is 0 Å². The summed E-state index contributed by atoms with van der Waals surface area (Å²) in [7, 11) is -3.67. The number of rotatable bonds is 6. The van der Waals surface area contributed by atoms with Crippen molar-refractivity contribution in [2.45, 2.75) is 45.4 Å². The first-order valence-corrected chi connectivity index (χ1v) is 6.89. The molecule has 0 heterocycles. The third-order valence-electron chi connectivity index (χ3n) is 1.56. The maximum absolute atomic E-state index is 9.19. The fourth-order valence-corrected chi connectivity index (χ4v) is 0.925. The highest BCUT2D eigenvalue weighted by molar-refractivity contribution is 7.85. The lowest BCUT2D eigenvalue weighted by Crippen LogP contribution is -1.97. The summed E-state index contributed by atoms with van der Waals surface area (Å²) in [5, 5.41) is 0. The normalized spacial score (nSPS) is 10.6. The van der Waals surface area contributed by atoms with Crippen molar-refractivity contribution in [1.82, 2.24) is 0 Å². The van der Waals surface area contributed by atoms with E-state index in [4.69, 9.17) is 10.3 Å². The summed E-state index contributed by atoms with van der Waals surface area (Å²) in [5.41, 5.74) is 5.34. The minimum absolute atomic E-state index is 0.715. The molecule has 4 nitrogen and oxygen atoms in total. The third kappa shape index (κ3) is 40.7. The zero-order valence-electron chi connectivity index (χ0n) is 9.20. The highest BCUT2D eigenvalue weighted by atomic mass is 32.2. The van der Waals surface area contributed by atoms with Gasteiger partial charge in [-0.3, -0.25) is 4.55 Å². The van der Waals surface area contributed by atoms with Gasteiger partial charge in [0, 0.05) is 0 Å². The summed E-state index contributed by atoms with van der Waals surface area (Å²) in [5.74, 6) is 0. The molecule has 0 fully saturated rings. The number of hydrogen-bond donors (Lipinski definition) is 2. The lowest BCUT2D eigenvalue weighted by Gasteiger charge is -1.96. The summed E-state index contributed by atoms with van der Waals surface area (Å²) in [6.45, 7) is 3.11. The van der Waals surface area contributed by atoms with Gasteiger partial charge in [-0.05, 0) is 13.0 Å². The second kappa shape index (κ2) is 10.9. The molecule has 88 valence electrons. The summed E-state index contributed by atoms with van der Waals surface area (Å²) in [4.78, 5) is 0. The maximum Gasteiger partial charge on any atom is 0.261 e. The van der Waals surface area contributed by atoms with Crippen molar-refractivity contribution < 1.29 is 13.0 Å². The van der Waals surface area contributed by atoms with Gasteiger partial charge in [0.2, 0.25) is 0 Å². The molecule has 0 saturated carbocycles. The SMILES string of the molecule is CCCCCCCCN.CS(=O)(=O)O. The smallest absolute Gasteiger partial charge is 0.261 e. The van der Waals surface area contributed by atoms with Gasteiger partial charge in [0.1, 0.15) is 0 Å². The van der Waals surface area contributed by atoms with Crippen LogP contribution in [0.4, 0.5) is 0 Å². The second-order valence-corrected chi connectivity index (χ2v) is 4.76. The van der Waals surface area contributed by atoms with Gasteiger partial charge in [-0.15, -0.1) is 0 Å². The van der Waals surface area contributed by atoms with Crippen LogP contribution in [0.5, 0.6) is 0 Å². The predicted octanol–water partition coefficient (Wildman–Crippen LogP) is 1.81. The van der Waals surface area contributed by atoms with Crippen LogP contribution in [0, 0.1) is 0 Å². The van der Waals surface area contributed by atoms with Gasteiger partial charge in [-0.25, -0.2) is 0 Å². The minimum atomic E-state index is -3.67. The highest BCUT2D eigenvalue weighted by Gasteiger charge is 1.85. The average Bonchev–Trinajstić information content (AvgIpc) is 2.01. The second-order valence-electron chi connectivity index (χ2n) is 3.29. The van der Waals surface area contributed by atoms with Crippen LogP contribution in [0.15, 0.2) is 0 Å². The van der Waals surface area contributed by atoms with E-state index in [1.54, 1.807) is 0 Å². The van der Waals surface area contributed by atoms with E-state index in [0.717, 1.165) is 6.54 Å². The molecule has 0 saturated heterocycles. The molecule has 0 aliphatic rings.